The van der Waals surface area contributed by atoms with Gasteiger partial charge in [-0.05, 0) is 42.5 Å². The summed E-state index contributed by atoms with van der Waals surface area (Å²) in [5.41, 5.74) is 1.84. The highest BCUT2D eigenvalue weighted by Crippen LogP contribution is 2.26. The summed E-state index contributed by atoms with van der Waals surface area (Å²) in [6, 6.07) is 15.2. The third-order valence-corrected chi connectivity index (χ3v) is 4.05. The van der Waals surface area contributed by atoms with Gasteiger partial charge in [0.25, 0.3) is 0 Å². The van der Waals surface area contributed by atoms with E-state index in [0.717, 1.165) is 6.29 Å². The van der Waals surface area contributed by atoms with Crippen LogP contribution in [0.4, 0.5) is 0 Å². The Bertz CT molecular complexity index is 900. The standard InChI is InChI=1S/C18H11Cl2NO2/c19-12-7-8-16(20)15(10-12)18(23)14-5-1-2-6-17(14)21-9-3-4-13(21)11-22/h1-11H. The van der Waals surface area contributed by atoms with Crippen molar-refractivity contribution in [2.75, 3.05) is 0 Å². The van der Waals surface area contributed by atoms with Crippen molar-refractivity contribution >= 4 is 35.3 Å². The molecule has 2 aromatic carbocycles. The Morgan fingerprint density at radius 3 is 2.52 bits per heavy atom. The molecule has 0 spiro atoms. The summed E-state index contributed by atoms with van der Waals surface area (Å²) in [4.78, 5) is 24.1. The fourth-order valence-corrected chi connectivity index (χ4v) is 2.78. The van der Waals surface area contributed by atoms with Gasteiger partial charge in [-0.15, -0.1) is 0 Å². The number of aromatic nitrogens is 1. The Morgan fingerprint density at radius 1 is 0.957 bits per heavy atom. The number of nitrogens with zero attached hydrogens (tertiary/aromatic N) is 1. The highest BCUT2D eigenvalue weighted by Gasteiger charge is 2.18. The van der Waals surface area contributed by atoms with Crippen molar-refractivity contribution in [2.24, 2.45) is 0 Å². The van der Waals surface area contributed by atoms with Gasteiger partial charge in [0.15, 0.2) is 12.1 Å². The number of halogens is 2. The van der Waals surface area contributed by atoms with Crippen LogP contribution >= 0.6 is 23.2 Å². The van der Waals surface area contributed by atoms with Gasteiger partial charge in [-0.25, -0.2) is 0 Å². The van der Waals surface area contributed by atoms with Crippen molar-refractivity contribution in [3.63, 3.8) is 0 Å². The molecule has 0 aliphatic heterocycles. The summed E-state index contributed by atoms with van der Waals surface area (Å²) in [5.74, 6) is -0.251. The number of carbonyl (C=O) groups excluding carboxylic acids is 2. The maximum Gasteiger partial charge on any atom is 0.196 e. The van der Waals surface area contributed by atoms with E-state index in [4.69, 9.17) is 23.2 Å². The molecule has 0 saturated carbocycles. The van der Waals surface area contributed by atoms with Crippen molar-refractivity contribution in [3.8, 4) is 5.69 Å². The number of aldehydes is 1. The average molecular weight is 344 g/mol. The highest BCUT2D eigenvalue weighted by atomic mass is 35.5. The lowest BCUT2D eigenvalue weighted by atomic mass is 10.0. The first kappa shape index (κ1) is 15.5. The number of benzene rings is 2. The summed E-state index contributed by atoms with van der Waals surface area (Å²) in [7, 11) is 0. The molecule has 0 aliphatic rings. The zero-order valence-electron chi connectivity index (χ0n) is 11.9. The second kappa shape index (κ2) is 6.41. The zero-order chi connectivity index (χ0) is 16.4. The monoisotopic (exact) mass is 343 g/mol. The molecule has 0 unspecified atom stereocenters. The predicted molar refractivity (Wildman–Crippen MR) is 91.1 cm³/mol. The minimum absolute atomic E-state index is 0.251. The van der Waals surface area contributed by atoms with Gasteiger partial charge in [0, 0.05) is 22.3 Å². The lowest BCUT2D eigenvalue weighted by Crippen LogP contribution is -2.09. The number of carbonyl (C=O) groups is 2. The van der Waals surface area contributed by atoms with Crippen molar-refractivity contribution in [3.05, 3.63) is 87.7 Å². The molecule has 0 amide bonds. The lowest BCUT2D eigenvalue weighted by Gasteiger charge is -2.12. The van der Waals surface area contributed by atoms with E-state index in [-0.39, 0.29) is 5.78 Å². The van der Waals surface area contributed by atoms with Crippen molar-refractivity contribution < 1.29 is 9.59 Å². The van der Waals surface area contributed by atoms with Crippen molar-refractivity contribution in [1.82, 2.24) is 4.57 Å². The molecule has 1 heterocycles. The van der Waals surface area contributed by atoms with Gasteiger partial charge in [0.2, 0.25) is 0 Å². The molecule has 3 aromatic rings. The van der Waals surface area contributed by atoms with Gasteiger partial charge >= 0.3 is 0 Å². The van der Waals surface area contributed by atoms with Crippen LogP contribution in [0, 0.1) is 0 Å². The van der Waals surface area contributed by atoms with Gasteiger partial charge in [0.05, 0.1) is 16.4 Å². The molecule has 114 valence electrons. The minimum atomic E-state index is -0.251. The third kappa shape index (κ3) is 2.93. The molecule has 0 saturated heterocycles. The van der Waals surface area contributed by atoms with Crippen LogP contribution in [0.15, 0.2) is 60.8 Å². The van der Waals surface area contributed by atoms with Gasteiger partial charge < -0.3 is 4.57 Å². The molecule has 3 rings (SSSR count). The molecule has 0 atom stereocenters. The van der Waals surface area contributed by atoms with Gasteiger partial charge in [0.1, 0.15) is 0 Å². The van der Waals surface area contributed by atoms with Crippen LogP contribution in [0.5, 0.6) is 0 Å². The van der Waals surface area contributed by atoms with E-state index in [2.05, 4.69) is 0 Å². The maximum atomic E-state index is 12.9. The molecule has 0 radical (unpaired) electrons. The largest absolute Gasteiger partial charge is 0.313 e. The second-order valence-corrected chi connectivity index (χ2v) is 5.73. The highest BCUT2D eigenvalue weighted by molar-refractivity contribution is 6.37. The quantitative estimate of drug-likeness (QED) is 0.502. The summed E-state index contributed by atoms with van der Waals surface area (Å²) < 4.78 is 1.67. The Hall–Kier alpha value is -2.36. The summed E-state index contributed by atoms with van der Waals surface area (Å²) in [5, 5.41) is 0.766. The second-order valence-electron chi connectivity index (χ2n) is 4.89. The first-order valence-electron chi connectivity index (χ1n) is 6.83. The fourth-order valence-electron chi connectivity index (χ4n) is 2.40. The molecule has 0 fully saturated rings. The Labute approximate surface area is 143 Å². The minimum Gasteiger partial charge on any atom is -0.313 e. The van der Waals surface area contributed by atoms with E-state index in [0.29, 0.717) is 32.6 Å². The SMILES string of the molecule is O=Cc1cccn1-c1ccccc1C(=O)c1cc(Cl)ccc1Cl. The van der Waals surface area contributed by atoms with Crippen LogP contribution < -0.4 is 0 Å². The maximum absolute atomic E-state index is 12.9. The Morgan fingerprint density at radius 2 is 1.74 bits per heavy atom. The van der Waals surface area contributed by atoms with Crippen LogP contribution in [0.1, 0.15) is 26.4 Å². The van der Waals surface area contributed by atoms with E-state index in [1.807, 2.05) is 0 Å². The third-order valence-electron chi connectivity index (χ3n) is 3.48. The van der Waals surface area contributed by atoms with Gasteiger partial charge in [-0.1, -0.05) is 35.3 Å². The number of para-hydroxylation sites is 1. The first-order valence-corrected chi connectivity index (χ1v) is 7.59. The smallest absolute Gasteiger partial charge is 0.196 e. The normalized spacial score (nSPS) is 10.5. The van der Waals surface area contributed by atoms with Gasteiger partial charge in [-0.3, -0.25) is 9.59 Å². The number of rotatable bonds is 4. The van der Waals surface area contributed by atoms with Crippen LogP contribution in [0.3, 0.4) is 0 Å². The summed E-state index contributed by atoms with van der Waals surface area (Å²) >= 11 is 12.1. The first-order chi connectivity index (χ1) is 11.1. The molecule has 3 nitrogen and oxygen atoms in total. The lowest BCUT2D eigenvalue weighted by molar-refractivity contribution is 0.103. The number of ketones is 1. The van der Waals surface area contributed by atoms with Crippen molar-refractivity contribution in [2.45, 2.75) is 0 Å². The molecule has 1 aromatic heterocycles. The van der Waals surface area contributed by atoms with Crippen LogP contribution in [0.2, 0.25) is 10.0 Å². The van der Waals surface area contributed by atoms with E-state index in [9.17, 15) is 9.59 Å². The predicted octanol–water partition coefficient (Wildman–Crippen LogP) is 4.83. The van der Waals surface area contributed by atoms with E-state index < -0.39 is 0 Å². The molecule has 0 aliphatic carbocycles. The van der Waals surface area contributed by atoms with E-state index in [1.54, 1.807) is 65.4 Å². The molecule has 5 heteroatoms. The fraction of sp³-hybridized carbons (Fsp3) is 0. The molecular weight excluding hydrogens is 333 g/mol. The van der Waals surface area contributed by atoms with Crippen molar-refractivity contribution in [1.29, 1.82) is 0 Å². The summed E-state index contributed by atoms with van der Waals surface area (Å²) in [6.07, 6.45) is 2.48. The van der Waals surface area contributed by atoms with E-state index in [1.165, 1.54) is 0 Å². The number of hydrogen-bond donors (Lipinski definition) is 0. The van der Waals surface area contributed by atoms with Crippen LogP contribution in [-0.2, 0) is 0 Å². The molecule has 0 bridgehead atoms. The van der Waals surface area contributed by atoms with E-state index >= 15 is 0 Å². The Balaban J connectivity index is 2.16. The number of hydrogen-bond acceptors (Lipinski definition) is 2. The molecule has 23 heavy (non-hydrogen) atoms. The molecular formula is C18H11Cl2NO2. The summed E-state index contributed by atoms with van der Waals surface area (Å²) in [6.45, 7) is 0. The van der Waals surface area contributed by atoms with Gasteiger partial charge in [-0.2, -0.15) is 0 Å². The molecule has 0 N–H and O–H groups in total. The Kier molecular flexibility index (Phi) is 4.33. The van der Waals surface area contributed by atoms with Crippen LogP contribution in [-0.4, -0.2) is 16.6 Å². The zero-order valence-corrected chi connectivity index (χ0v) is 13.4. The van der Waals surface area contributed by atoms with Crippen LogP contribution in [0.25, 0.3) is 5.69 Å². The topological polar surface area (TPSA) is 39.1 Å². The average Bonchev–Trinajstić information content (AvgIpc) is 3.05.